The molecule has 0 spiro atoms. The fourth-order valence-corrected chi connectivity index (χ4v) is 3.32. The molecule has 0 fully saturated rings. The van der Waals surface area contributed by atoms with Crippen LogP contribution in [-0.2, 0) is 38.1 Å². The molecule has 0 aromatic carbocycles. The Kier molecular flexibility index (Phi) is 12.1. The molecule has 8 nitrogen and oxygen atoms in total. The summed E-state index contributed by atoms with van der Waals surface area (Å²) < 4.78 is 21.3. The van der Waals surface area contributed by atoms with Crippen LogP contribution in [0.15, 0.2) is 0 Å². The molecule has 8 heteroatoms. The van der Waals surface area contributed by atoms with Crippen molar-refractivity contribution in [3.8, 4) is 0 Å². The molecule has 0 rings (SSSR count). The highest BCUT2D eigenvalue weighted by molar-refractivity contribution is 5.67. The molecular weight excluding hydrogens is 368 g/mol. The molecule has 5 atom stereocenters. The Labute approximate surface area is 167 Å². The molecule has 0 N–H and O–H groups in total. The summed E-state index contributed by atoms with van der Waals surface area (Å²) in [6.45, 7) is 10.6. The zero-order chi connectivity index (χ0) is 21.9. The summed E-state index contributed by atoms with van der Waals surface area (Å²) in [6.07, 6.45) is -0.296. The summed E-state index contributed by atoms with van der Waals surface area (Å²) in [4.78, 5) is 45.7. The molecular formula is C20H34O8. The van der Waals surface area contributed by atoms with E-state index in [1.54, 1.807) is 13.8 Å². The summed E-state index contributed by atoms with van der Waals surface area (Å²) >= 11 is 0. The number of esters is 4. The Hall–Kier alpha value is -2.12. The van der Waals surface area contributed by atoms with Gasteiger partial charge in [0.25, 0.3) is 0 Å². The minimum Gasteiger partial charge on any atom is -0.463 e. The van der Waals surface area contributed by atoms with E-state index in [1.165, 1.54) is 27.7 Å². The Morgan fingerprint density at radius 3 is 1.64 bits per heavy atom. The van der Waals surface area contributed by atoms with E-state index in [2.05, 4.69) is 0 Å². The highest BCUT2D eigenvalue weighted by Gasteiger charge is 2.34. The van der Waals surface area contributed by atoms with Crippen LogP contribution in [-0.4, -0.2) is 48.3 Å². The van der Waals surface area contributed by atoms with Gasteiger partial charge in [-0.1, -0.05) is 13.3 Å². The number of hydrogen-bond acceptors (Lipinski definition) is 8. The van der Waals surface area contributed by atoms with Crippen LogP contribution in [0.1, 0.15) is 74.1 Å². The number of ether oxygens (including phenoxy) is 4. The van der Waals surface area contributed by atoms with Crippen LogP contribution in [0.4, 0.5) is 0 Å². The zero-order valence-electron chi connectivity index (χ0n) is 18.0. The number of carbonyl (C=O) groups is 4. The SMILES string of the molecule is CCCC(C(C)OC(C)=O)C(CC(CC(C)OC(C)=O)OC(C)=O)OC(C)=O. The third kappa shape index (κ3) is 11.6. The summed E-state index contributed by atoms with van der Waals surface area (Å²) in [7, 11) is 0. The van der Waals surface area contributed by atoms with Crippen LogP contribution in [0.25, 0.3) is 0 Å². The monoisotopic (exact) mass is 402 g/mol. The molecule has 162 valence electrons. The average molecular weight is 402 g/mol. The molecule has 0 radical (unpaired) electrons. The van der Waals surface area contributed by atoms with Gasteiger partial charge in [-0.3, -0.25) is 19.2 Å². The number of rotatable bonds is 12. The molecule has 0 aromatic rings. The predicted molar refractivity (Wildman–Crippen MR) is 101 cm³/mol. The van der Waals surface area contributed by atoms with Gasteiger partial charge in [-0.2, -0.15) is 0 Å². The normalized spacial score (nSPS) is 16.1. The Bertz CT molecular complexity index is 530. The fourth-order valence-electron chi connectivity index (χ4n) is 3.32. The highest BCUT2D eigenvalue weighted by atomic mass is 16.6. The van der Waals surface area contributed by atoms with Crippen LogP contribution in [0, 0.1) is 5.92 Å². The molecule has 0 aliphatic rings. The molecule has 5 unspecified atom stereocenters. The van der Waals surface area contributed by atoms with Crippen molar-refractivity contribution < 1.29 is 38.1 Å². The second-order valence-corrected chi connectivity index (χ2v) is 7.04. The third-order valence-corrected chi connectivity index (χ3v) is 4.16. The van der Waals surface area contributed by atoms with Gasteiger partial charge in [0.1, 0.15) is 24.4 Å². The number of carbonyl (C=O) groups excluding carboxylic acids is 4. The lowest BCUT2D eigenvalue weighted by molar-refractivity contribution is -0.163. The highest BCUT2D eigenvalue weighted by Crippen LogP contribution is 2.27. The topological polar surface area (TPSA) is 105 Å². The molecule has 0 amide bonds. The number of hydrogen-bond donors (Lipinski definition) is 0. The van der Waals surface area contributed by atoms with E-state index in [9.17, 15) is 19.2 Å². The van der Waals surface area contributed by atoms with Crippen LogP contribution in [0.3, 0.4) is 0 Å². The maximum absolute atomic E-state index is 11.7. The minimum absolute atomic E-state index is 0.209. The first-order valence-electron chi connectivity index (χ1n) is 9.65. The molecule has 0 aromatic heterocycles. The van der Waals surface area contributed by atoms with E-state index in [4.69, 9.17) is 18.9 Å². The smallest absolute Gasteiger partial charge is 0.302 e. The quantitative estimate of drug-likeness (QED) is 0.362. The Morgan fingerprint density at radius 2 is 1.21 bits per heavy atom. The van der Waals surface area contributed by atoms with Crippen molar-refractivity contribution in [2.24, 2.45) is 5.92 Å². The first-order chi connectivity index (χ1) is 13.0. The lowest BCUT2D eigenvalue weighted by Gasteiger charge is -2.33. The van der Waals surface area contributed by atoms with Gasteiger partial charge >= 0.3 is 23.9 Å². The van der Waals surface area contributed by atoms with Crippen molar-refractivity contribution in [3.63, 3.8) is 0 Å². The fraction of sp³-hybridized carbons (Fsp3) is 0.800. The predicted octanol–water partition coefficient (Wildman–Crippen LogP) is 2.95. The van der Waals surface area contributed by atoms with E-state index in [1.807, 2.05) is 6.92 Å². The molecule has 0 bridgehead atoms. The Morgan fingerprint density at radius 1 is 0.714 bits per heavy atom. The largest absolute Gasteiger partial charge is 0.463 e. The summed E-state index contributed by atoms with van der Waals surface area (Å²) in [5, 5.41) is 0. The van der Waals surface area contributed by atoms with Crippen molar-refractivity contribution in [1.82, 2.24) is 0 Å². The second-order valence-electron chi connectivity index (χ2n) is 7.04. The van der Waals surface area contributed by atoms with Gasteiger partial charge in [-0.05, 0) is 20.3 Å². The third-order valence-electron chi connectivity index (χ3n) is 4.16. The van der Waals surface area contributed by atoms with Crippen LogP contribution in [0.5, 0.6) is 0 Å². The van der Waals surface area contributed by atoms with Gasteiger partial charge in [0.2, 0.25) is 0 Å². The van der Waals surface area contributed by atoms with E-state index in [0.29, 0.717) is 6.42 Å². The van der Waals surface area contributed by atoms with Gasteiger partial charge in [-0.15, -0.1) is 0 Å². The molecule has 0 aliphatic carbocycles. The van der Waals surface area contributed by atoms with E-state index in [-0.39, 0.29) is 18.8 Å². The van der Waals surface area contributed by atoms with Crippen LogP contribution >= 0.6 is 0 Å². The first kappa shape index (κ1) is 25.9. The summed E-state index contributed by atoms with van der Waals surface area (Å²) in [5.74, 6) is -2.08. The second kappa shape index (κ2) is 13.1. The molecule has 28 heavy (non-hydrogen) atoms. The standard InChI is InChI=1S/C20H34O8/c1-8-9-19(13(3)26-15(5)22)20(28-17(7)24)11-18(27-16(6)23)10-12(2)25-14(4)21/h12-13,18-20H,8-11H2,1-7H3. The van der Waals surface area contributed by atoms with Gasteiger partial charge in [0, 0.05) is 46.5 Å². The maximum atomic E-state index is 11.7. The lowest BCUT2D eigenvalue weighted by atomic mass is 9.87. The summed E-state index contributed by atoms with van der Waals surface area (Å²) in [5.41, 5.74) is 0. The maximum Gasteiger partial charge on any atom is 0.302 e. The molecule has 0 heterocycles. The van der Waals surface area contributed by atoms with E-state index >= 15 is 0 Å². The molecule has 0 aliphatic heterocycles. The van der Waals surface area contributed by atoms with Crippen molar-refractivity contribution in [2.45, 2.75) is 98.6 Å². The van der Waals surface area contributed by atoms with E-state index in [0.717, 1.165) is 6.42 Å². The minimum atomic E-state index is -0.625. The van der Waals surface area contributed by atoms with Crippen molar-refractivity contribution >= 4 is 23.9 Å². The summed E-state index contributed by atoms with van der Waals surface area (Å²) in [6, 6.07) is 0. The van der Waals surface area contributed by atoms with Crippen molar-refractivity contribution in [1.29, 1.82) is 0 Å². The molecule has 0 saturated heterocycles. The van der Waals surface area contributed by atoms with Crippen molar-refractivity contribution in [2.75, 3.05) is 0 Å². The van der Waals surface area contributed by atoms with Crippen LogP contribution < -0.4 is 0 Å². The zero-order valence-corrected chi connectivity index (χ0v) is 18.0. The van der Waals surface area contributed by atoms with Gasteiger partial charge in [0.05, 0.1) is 0 Å². The van der Waals surface area contributed by atoms with Crippen LogP contribution in [0.2, 0.25) is 0 Å². The van der Waals surface area contributed by atoms with Gasteiger partial charge < -0.3 is 18.9 Å². The van der Waals surface area contributed by atoms with Crippen molar-refractivity contribution in [3.05, 3.63) is 0 Å². The first-order valence-corrected chi connectivity index (χ1v) is 9.65. The average Bonchev–Trinajstić information content (AvgIpc) is 2.48. The van der Waals surface area contributed by atoms with Gasteiger partial charge in [-0.25, -0.2) is 0 Å². The molecule has 0 saturated carbocycles. The van der Waals surface area contributed by atoms with Gasteiger partial charge in [0.15, 0.2) is 0 Å². The lowest BCUT2D eigenvalue weighted by Crippen LogP contribution is -2.39. The van der Waals surface area contributed by atoms with E-state index < -0.39 is 48.3 Å². The Balaban J connectivity index is 5.50.